The van der Waals surface area contributed by atoms with Gasteiger partial charge in [0.2, 0.25) is 5.91 Å². The number of nitrogens with one attached hydrogen (secondary N) is 1. The first-order chi connectivity index (χ1) is 7.88. The van der Waals surface area contributed by atoms with E-state index in [0.29, 0.717) is 0 Å². The fourth-order valence-corrected chi connectivity index (χ4v) is 1.94. The molecule has 0 saturated carbocycles. The van der Waals surface area contributed by atoms with Crippen molar-refractivity contribution in [3.63, 3.8) is 0 Å². The van der Waals surface area contributed by atoms with E-state index in [0.717, 1.165) is 11.8 Å². The molecular formula is C9H12N2O5S. The molecule has 8 heteroatoms. The first-order valence-electron chi connectivity index (χ1n) is 4.58. The van der Waals surface area contributed by atoms with Crippen LogP contribution in [0.5, 0.6) is 0 Å². The van der Waals surface area contributed by atoms with Crippen LogP contribution in [0.2, 0.25) is 0 Å². The molecular weight excluding hydrogens is 248 g/mol. The summed E-state index contributed by atoms with van der Waals surface area (Å²) in [7, 11) is 0. The van der Waals surface area contributed by atoms with Gasteiger partial charge >= 0.3 is 11.9 Å². The van der Waals surface area contributed by atoms with Gasteiger partial charge in [-0.05, 0) is 0 Å². The highest BCUT2D eigenvalue weighted by atomic mass is 32.2. The molecule has 0 saturated heterocycles. The van der Waals surface area contributed by atoms with Crippen LogP contribution in [-0.2, 0) is 14.4 Å². The van der Waals surface area contributed by atoms with Gasteiger partial charge in [0, 0.05) is 18.4 Å². The molecule has 0 heterocycles. The Morgan fingerprint density at radius 1 is 1.29 bits per heavy atom. The Labute approximate surface area is 102 Å². The number of carboxylic acids is 2. The standard InChI is InChI=1S/C9H12N2O5S/c1-5(12)11-7(9(15)16)4-17-3-6(2-10)8(13)14/h6-7H,3-4H2,1H3,(H,11,12)(H,13,14)(H,15,16)/t6?,7-/m1/s1. The number of nitrogens with zero attached hydrogens (tertiary/aromatic N) is 1. The van der Waals surface area contributed by atoms with Crippen LogP contribution in [0.15, 0.2) is 0 Å². The Morgan fingerprint density at radius 2 is 1.88 bits per heavy atom. The van der Waals surface area contributed by atoms with Crippen molar-refractivity contribution in [3.05, 3.63) is 0 Å². The molecule has 0 bridgehead atoms. The summed E-state index contributed by atoms with van der Waals surface area (Å²) in [5.41, 5.74) is 0. The number of carbonyl (C=O) groups is 3. The van der Waals surface area contributed by atoms with E-state index in [2.05, 4.69) is 5.32 Å². The number of hydrogen-bond acceptors (Lipinski definition) is 5. The van der Waals surface area contributed by atoms with Gasteiger partial charge in [-0.1, -0.05) is 0 Å². The lowest BCUT2D eigenvalue weighted by molar-refractivity contribution is -0.140. The average Bonchev–Trinajstić information content (AvgIpc) is 2.21. The van der Waals surface area contributed by atoms with E-state index in [4.69, 9.17) is 15.5 Å². The summed E-state index contributed by atoms with van der Waals surface area (Å²) in [5.74, 6) is -4.10. The minimum atomic E-state index is -1.24. The largest absolute Gasteiger partial charge is 0.480 e. The zero-order chi connectivity index (χ0) is 13.4. The summed E-state index contributed by atoms with van der Waals surface area (Å²) in [6.45, 7) is 1.19. The second-order valence-electron chi connectivity index (χ2n) is 3.15. The van der Waals surface area contributed by atoms with Crippen LogP contribution < -0.4 is 5.32 Å². The summed E-state index contributed by atoms with van der Waals surface area (Å²) in [4.78, 5) is 31.9. The van der Waals surface area contributed by atoms with Gasteiger partial charge in [0.25, 0.3) is 0 Å². The topological polar surface area (TPSA) is 127 Å². The predicted molar refractivity (Wildman–Crippen MR) is 59.3 cm³/mol. The number of rotatable bonds is 7. The van der Waals surface area contributed by atoms with Gasteiger partial charge in [-0.15, -0.1) is 0 Å². The van der Waals surface area contributed by atoms with E-state index in [1.165, 1.54) is 6.92 Å². The van der Waals surface area contributed by atoms with Crippen molar-refractivity contribution in [2.24, 2.45) is 5.92 Å². The van der Waals surface area contributed by atoms with Crippen LogP contribution in [0.25, 0.3) is 0 Å². The lowest BCUT2D eigenvalue weighted by Crippen LogP contribution is -2.41. The number of aliphatic carboxylic acids is 2. The highest BCUT2D eigenvalue weighted by Gasteiger charge is 2.21. The summed E-state index contributed by atoms with van der Waals surface area (Å²) < 4.78 is 0. The smallest absolute Gasteiger partial charge is 0.327 e. The molecule has 7 nitrogen and oxygen atoms in total. The molecule has 0 spiro atoms. The average molecular weight is 260 g/mol. The fourth-order valence-electron chi connectivity index (χ4n) is 0.888. The fraction of sp³-hybridized carbons (Fsp3) is 0.556. The van der Waals surface area contributed by atoms with Crippen LogP contribution in [0.4, 0.5) is 0 Å². The third kappa shape index (κ3) is 6.42. The van der Waals surface area contributed by atoms with E-state index in [-0.39, 0.29) is 11.5 Å². The number of carboxylic acid groups (broad SMARTS) is 2. The molecule has 0 aliphatic heterocycles. The molecule has 3 N–H and O–H groups in total. The first-order valence-corrected chi connectivity index (χ1v) is 5.74. The van der Waals surface area contributed by atoms with Crippen molar-refractivity contribution in [2.45, 2.75) is 13.0 Å². The molecule has 94 valence electrons. The molecule has 0 rings (SSSR count). The minimum Gasteiger partial charge on any atom is -0.480 e. The summed E-state index contributed by atoms with van der Waals surface area (Å²) in [5, 5.41) is 28.0. The van der Waals surface area contributed by atoms with Crippen molar-refractivity contribution < 1.29 is 24.6 Å². The summed E-state index contributed by atoms with van der Waals surface area (Å²) >= 11 is 0.994. The van der Waals surface area contributed by atoms with Gasteiger partial charge in [-0.25, -0.2) is 4.79 Å². The second-order valence-corrected chi connectivity index (χ2v) is 4.22. The van der Waals surface area contributed by atoms with Gasteiger partial charge in [0.15, 0.2) is 5.92 Å². The lowest BCUT2D eigenvalue weighted by atomic mass is 10.2. The molecule has 0 aliphatic rings. The van der Waals surface area contributed by atoms with Crippen molar-refractivity contribution in [1.82, 2.24) is 5.32 Å². The number of amides is 1. The van der Waals surface area contributed by atoms with Crippen LogP contribution in [-0.4, -0.2) is 45.6 Å². The third-order valence-electron chi connectivity index (χ3n) is 1.70. The summed E-state index contributed by atoms with van der Waals surface area (Å²) in [6, 6.07) is 0.512. The van der Waals surface area contributed by atoms with Gasteiger partial charge < -0.3 is 15.5 Å². The summed E-state index contributed by atoms with van der Waals surface area (Å²) in [6.07, 6.45) is 0. The Morgan fingerprint density at radius 3 is 2.24 bits per heavy atom. The molecule has 0 aromatic heterocycles. The van der Waals surface area contributed by atoms with Crippen molar-refractivity contribution >= 4 is 29.6 Å². The molecule has 0 aromatic rings. The SMILES string of the molecule is CC(=O)N[C@H](CSCC(C#N)C(=O)O)C(=O)O. The van der Waals surface area contributed by atoms with Crippen molar-refractivity contribution in [1.29, 1.82) is 5.26 Å². The van der Waals surface area contributed by atoms with E-state index in [1.54, 1.807) is 6.07 Å². The minimum absolute atomic E-state index is 0.0143. The lowest BCUT2D eigenvalue weighted by Gasteiger charge is -2.12. The van der Waals surface area contributed by atoms with Crippen molar-refractivity contribution in [2.75, 3.05) is 11.5 Å². The number of thioether (sulfide) groups is 1. The zero-order valence-corrected chi connectivity index (χ0v) is 9.86. The maximum atomic E-state index is 10.7. The highest BCUT2D eigenvalue weighted by molar-refractivity contribution is 7.99. The molecule has 0 aromatic carbocycles. The van der Waals surface area contributed by atoms with Gasteiger partial charge in [-0.3, -0.25) is 9.59 Å². The predicted octanol–water partition coefficient (Wildman–Crippen LogP) is -0.467. The van der Waals surface area contributed by atoms with E-state index in [9.17, 15) is 14.4 Å². The zero-order valence-electron chi connectivity index (χ0n) is 9.04. The molecule has 1 amide bonds. The maximum Gasteiger partial charge on any atom is 0.327 e. The van der Waals surface area contributed by atoms with Crippen LogP contribution in [0.1, 0.15) is 6.92 Å². The van der Waals surface area contributed by atoms with Gasteiger partial charge in [0.1, 0.15) is 6.04 Å². The van der Waals surface area contributed by atoms with Crippen LogP contribution >= 0.6 is 11.8 Å². The molecule has 0 radical (unpaired) electrons. The number of nitriles is 1. The first kappa shape index (κ1) is 15.2. The maximum absolute atomic E-state index is 10.7. The van der Waals surface area contributed by atoms with Crippen molar-refractivity contribution in [3.8, 4) is 6.07 Å². The second kappa shape index (κ2) is 7.51. The Bertz CT molecular complexity index is 352. The van der Waals surface area contributed by atoms with Crippen LogP contribution in [0, 0.1) is 17.2 Å². The molecule has 0 fully saturated rings. The van der Waals surface area contributed by atoms with Gasteiger partial charge in [-0.2, -0.15) is 17.0 Å². The number of carbonyl (C=O) groups excluding carboxylic acids is 1. The number of hydrogen-bond donors (Lipinski definition) is 3. The third-order valence-corrected chi connectivity index (χ3v) is 2.84. The molecule has 2 atom stereocenters. The molecule has 0 aliphatic carbocycles. The Hall–Kier alpha value is -1.75. The highest BCUT2D eigenvalue weighted by Crippen LogP contribution is 2.10. The van der Waals surface area contributed by atoms with E-state index in [1.807, 2.05) is 0 Å². The Kier molecular flexibility index (Phi) is 6.74. The van der Waals surface area contributed by atoms with Gasteiger partial charge in [0.05, 0.1) is 6.07 Å². The molecule has 17 heavy (non-hydrogen) atoms. The van der Waals surface area contributed by atoms with E-state index >= 15 is 0 Å². The van der Waals surface area contributed by atoms with Crippen LogP contribution in [0.3, 0.4) is 0 Å². The molecule has 1 unspecified atom stereocenters. The normalized spacial score (nSPS) is 13.2. The monoisotopic (exact) mass is 260 g/mol. The quantitative estimate of drug-likeness (QED) is 0.564. The van der Waals surface area contributed by atoms with E-state index < -0.39 is 29.8 Å². The Balaban J connectivity index is 4.15.